The highest BCUT2D eigenvalue weighted by molar-refractivity contribution is 9.10. The summed E-state index contributed by atoms with van der Waals surface area (Å²) in [6.45, 7) is 1.86. The number of halogens is 3. The number of hydrogen-bond acceptors (Lipinski definition) is 3. The minimum atomic E-state index is 0.277. The molecule has 19 heavy (non-hydrogen) atoms. The minimum Gasteiger partial charge on any atom is -0.461 e. The van der Waals surface area contributed by atoms with Gasteiger partial charge >= 0.3 is 0 Å². The monoisotopic (exact) mass is 356 g/mol. The summed E-state index contributed by atoms with van der Waals surface area (Å²) in [6, 6.07) is 7.70. The van der Waals surface area contributed by atoms with Gasteiger partial charge in [0.15, 0.2) is 5.82 Å². The number of aryl methyl sites for hydroxylation is 1. The van der Waals surface area contributed by atoms with Crippen LogP contribution in [0, 0.1) is 6.92 Å². The fraction of sp³-hybridized carbons (Fsp3) is 0.0769. The second kappa shape index (κ2) is 4.78. The molecule has 2 aromatic heterocycles. The highest BCUT2D eigenvalue weighted by atomic mass is 79.9. The summed E-state index contributed by atoms with van der Waals surface area (Å²) in [5.74, 6) is 1.19. The van der Waals surface area contributed by atoms with Gasteiger partial charge in [-0.3, -0.25) is 0 Å². The fourth-order valence-electron chi connectivity index (χ4n) is 1.95. The van der Waals surface area contributed by atoms with Crippen LogP contribution in [0.15, 0.2) is 33.2 Å². The predicted molar refractivity (Wildman–Crippen MR) is 79.7 cm³/mol. The van der Waals surface area contributed by atoms with Crippen LogP contribution in [0.1, 0.15) is 5.76 Å². The number of para-hydroxylation sites is 1. The first-order chi connectivity index (χ1) is 9.08. The van der Waals surface area contributed by atoms with E-state index in [-0.39, 0.29) is 10.3 Å². The average Bonchev–Trinajstić information content (AvgIpc) is 2.71. The minimum absolute atomic E-state index is 0.277. The highest BCUT2D eigenvalue weighted by Gasteiger charge is 2.18. The summed E-state index contributed by atoms with van der Waals surface area (Å²) in [6.07, 6.45) is 0. The van der Waals surface area contributed by atoms with Crippen LogP contribution < -0.4 is 0 Å². The number of rotatable bonds is 1. The van der Waals surface area contributed by atoms with E-state index in [1.165, 1.54) is 0 Å². The molecule has 2 heterocycles. The van der Waals surface area contributed by atoms with Gasteiger partial charge in [-0.05, 0) is 28.9 Å². The maximum Gasteiger partial charge on any atom is 0.166 e. The first-order valence-corrected chi connectivity index (χ1v) is 7.00. The van der Waals surface area contributed by atoms with E-state index < -0.39 is 0 Å². The number of fused-ring (bicyclic) bond motifs is 1. The molecule has 6 heteroatoms. The van der Waals surface area contributed by atoms with Gasteiger partial charge in [-0.15, -0.1) is 0 Å². The lowest BCUT2D eigenvalue weighted by molar-refractivity contribution is 0.579. The van der Waals surface area contributed by atoms with Crippen molar-refractivity contribution in [2.24, 2.45) is 0 Å². The van der Waals surface area contributed by atoms with Gasteiger partial charge in [-0.2, -0.15) is 0 Å². The molecule has 0 aliphatic rings. The second-order valence-corrected chi connectivity index (χ2v) is 5.48. The lowest BCUT2D eigenvalue weighted by atomic mass is 10.1. The molecule has 0 saturated heterocycles. The normalized spacial score (nSPS) is 11.2. The van der Waals surface area contributed by atoms with Gasteiger partial charge < -0.3 is 4.42 Å². The van der Waals surface area contributed by atoms with Gasteiger partial charge in [0.25, 0.3) is 0 Å². The van der Waals surface area contributed by atoms with E-state index in [1.54, 1.807) is 0 Å². The molecule has 0 radical (unpaired) electrons. The van der Waals surface area contributed by atoms with E-state index in [2.05, 4.69) is 25.9 Å². The van der Waals surface area contributed by atoms with Gasteiger partial charge in [0.2, 0.25) is 0 Å². The summed E-state index contributed by atoms with van der Waals surface area (Å²) >= 11 is 15.3. The summed E-state index contributed by atoms with van der Waals surface area (Å²) in [7, 11) is 0. The summed E-state index contributed by atoms with van der Waals surface area (Å²) in [5, 5.41) is 1.49. The van der Waals surface area contributed by atoms with Gasteiger partial charge in [0.05, 0.1) is 10.0 Å². The molecule has 0 fully saturated rings. The molecular weight excluding hydrogens is 351 g/mol. The molecule has 3 aromatic rings. The zero-order chi connectivity index (χ0) is 13.6. The SMILES string of the molecule is Cc1oc2ccccc2c1-c1nc(Cl)c(Br)c(Cl)n1. The van der Waals surface area contributed by atoms with Crippen molar-refractivity contribution < 1.29 is 4.42 Å². The van der Waals surface area contributed by atoms with Crippen molar-refractivity contribution in [3.8, 4) is 11.4 Å². The number of benzene rings is 1. The van der Waals surface area contributed by atoms with Gasteiger partial charge in [-0.25, -0.2) is 9.97 Å². The number of nitrogens with zero attached hydrogens (tertiary/aromatic N) is 2. The van der Waals surface area contributed by atoms with Crippen LogP contribution in [-0.2, 0) is 0 Å². The Morgan fingerprint density at radius 3 is 2.42 bits per heavy atom. The first kappa shape index (κ1) is 12.9. The van der Waals surface area contributed by atoms with Crippen molar-refractivity contribution in [1.29, 1.82) is 0 Å². The summed E-state index contributed by atoms with van der Waals surface area (Å²) in [4.78, 5) is 8.50. The third-order valence-electron chi connectivity index (χ3n) is 2.77. The molecule has 0 aliphatic heterocycles. The zero-order valence-corrected chi connectivity index (χ0v) is 12.8. The van der Waals surface area contributed by atoms with Crippen LogP contribution in [0.4, 0.5) is 0 Å². The van der Waals surface area contributed by atoms with E-state index in [0.717, 1.165) is 22.3 Å². The van der Waals surface area contributed by atoms with E-state index in [0.29, 0.717) is 10.3 Å². The maximum absolute atomic E-state index is 6.03. The summed E-state index contributed by atoms with van der Waals surface area (Å²) < 4.78 is 6.18. The number of hydrogen-bond donors (Lipinski definition) is 0. The van der Waals surface area contributed by atoms with Crippen LogP contribution >= 0.6 is 39.1 Å². The Kier molecular flexibility index (Phi) is 3.25. The van der Waals surface area contributed by atoms with Crippen molar-refractivity contribution in [1.82, 2.24) is 9.97 Å². The van der Waals surface area contributed by atoms with Crippen LogP contribution in [-0.4, -0.2) is 9.97 Å². The Hall–Kier alpha value is -1.10. The van der Waals surface area contributed by atoms with Crippen molar-refractivity contribution in [3.63, 3.8) is 0 Å². The lowest BCUT2D eigenvalue weighted by Gasteiger charge is -2.03. The topological polar surface area (TPSA) is 38.9 Å². The molecule has 3 rings (SSSR count). The van der Waals surface area contributed by atoms with Crippen LogP contribution in [0.3, 0.4) is 0 Å². The molecular formula is C13H7BrCl2N2O. The standard InChI is InChI=1S/C13H7BrCl2N2O/c1-6-9(7-4-2-3-5-8(7)19-6)13-17-11(15)10(14)12(16)18-13/h2-5H,1H3. The first-order valence-electron chi connectivity index (χ1n) is 5.45. The van der Waals surface area contributed by atoms with Gasteiger partial charge in [0, 0.05) is 5.39 Å². The second-order valence-electron chi connectivity index (χ2n) is 3.97. The Balaban J connectivity index is 2.33. The van der Waals surface area contributed by atoms with E-state index >= 15 is 0 Å². The Morgan fingerprint density at radius 1 is 1.11 bits per heavy atom. The van der Waals surface area contributed by atoms with E-state index in [9.17, 15) is 0 Å². The van der Waals surface area contributed by atoms with Crippen molar-refractivity contribution in [3.05, 3.63) is 44.8 Å². The molecule has 0 atom stereocenters. The fourth-order valence-corrected chi connectivity index (χ4v) is 2.52. The quantitative estimate of drug-likeness (QED) is 0.557. The maximum atomic E-state index is 6.03. The van der Waals surface area contributed by atoms with Gasteiger partial charge in [0.1, 0.15) is 21.6 Å². The van der Waals surface area contributed by atoms with Crippen LogP contribution in [0.5, 0.6) is 0 Å². The van der Waals surface area contributed by atoms with E-state index in [4.69, 9.17) is 27.6 Å². The third-order valence-corrected chi connectivity index (χ3v) is 4.52. The van der Waals surface area contributed by atoms with E-state index in [1.807, 2.05) is 31.2 Å². The van der Waals surface area contributed by atoms with Crippen molar-refractivity contribution in [2.45, 2.75) is 6.92 Å². The Labute approximate surface area is 127 Å². The number of furan rings is 1. The Morgan fingerprint density at radius 2 is 1.74 bits per heavy atom. The molecule has 3 nitrogen and oxygen atoms in total. The molecule has 0 unspecified atom stereocenters. The molecule has 0 amide bonds. The van der Waals surface area contributed by atoms with Crippen LogP contribution in [0.2, 0.25) is 10.3 Å². The highest BCUT2D eigenvalue weighted by Crippen LogP contribution is 2.35. The predicted octanol–water partition coefficient (Wildman–Crippen LogP) is 5.27. The number of aromatic nitrogens is 2. The molecule has 0 aliphatic carbocycles. The molecule has 0 spiro atoms. The Bertz CT molecular complexity index is 762. The smallest absolute Gasteiger partial charge is 0.166 e. The molecule has 0 bridgehead atoms. The van der Waals surface area contributed by atoms with Crippen molar-refractivity contribution in [2.75, 3.05) is 0 Å². The molecule has 96 valence electrons. The molecule has 1 aromatic carbocycles. The molecule has 0 saturated carbocycles. The molecule has 0 N–H and O–H groups in total. The average molecular weight is 358 g/mol. The van der Waals surface area contributed by atoms with Crippen molar-refractivity contribution >= 4 is 50.1 Å². The lowest BCUT2D eigenvalue weighted by Crippen LogP contribution is -1.92. The summed E-state index contributed by atoms with van der Waals surface area (Å²) in [5.41, 5.74) is 1.60. The zero-order valence-electron chi connectivity index (χ0n) is 9.75. The van der Waals surface area contributed by atoms with Gasteiger partial charge in [-0.1, -0.05) is 41.4 Å². The largest absolute Gasteiger partial charge is 0.461 e. The third kappa shape index (κ3) is 2.14. The van der Waals surface area contributed by atoms with Crippen LogP contribution in [0.25, 0.3) is 22.4 Å².